The van der Waals surface area contributed by atoms with Gasteiger partial charge >= 0.3 is 6.09 Å². The number of benzene rings is 1. The Labute approximate surface area is 141 Å². The van der Waals surface area contributed by atoms with E-state index in [1.54, 1.807) is 0 Å². The number of hydrogen-bond acceptors (Lipinski definition) is 4. The lowest BCUT2D eigenvalue weighted by atomic mass is 10.0. The summed E-state index contributed by atoms with van der Waals surface area (Å²) >= 11 is 0. The molecule has 0 saturated heterocycles. The fourth-order valence-electron chi connectivity index (χ4n) is 2.39. The number of hydrogen-bond donors (Lipinski definition) is 1. The summed E-state index contributed by atoms with van der Waals surface area (Å²) in [4.78, 5) is 24.7. The van der Waals surface area contributed by atoms with E-state index in [1.165, 1.54) is 4.68 Å². The molecule has 6 heteroatoms. The monoisotopic (exact) mass is 329 g/mol. The van der Waals surface area contributed by atoms with E-state index in [9.17, 15) is 9.59 Å². The molecule has 0 fully saturated rings. The molecule has 1 atom stereocenters. The maximum Gasteiger partial charge on any atom is 0.408 e. The van der Waals surface area contributed by atoms with Crippen molar-refractivity contribution < 1.29 is 14.3 Å². The van der Waals surface area contributed by atoms with Gasteiger partial charge in [0.15, 0.2) is 0 Å². The van der Waals surface area contributed by atoms with Crippen molar-refractivity contribution in [2.24, 2.45) is 5.92 Å². The summed E-state index contributed by atoms with van der Waals surface area (Å²) < 4.78 is 6.53. The normalized spacial score (nSPS) is 12.0. The molecule has 0 bridgehead atoms. The molecule has 2 rings (SSSR count). The van der Waals surface area contributed by atoms with E-state index in [1.807, 2.05) is 64.1 Å². The van der Waals surface area contributed by atoms with E-state index < -0.39 is 12.1 Å². The minimum absolute atomic E-state index is 0.0920. The van der Waals surface area contributed by atoms with E-state index in [0.717, 1.165) is 17.0 Å². The Morgan fingerprint density at radius 2 is 1.88 bits per heavy atom. The largest absolute Gasteiger partial charge is 0.445 e. The number of aromatic nitrogens is 2. The van der Waals surface area contributed by atoms with Crippen molar-refractivity contribution in [3.05, 3.63) is 53.3 Å². The summed E-state index contributed by atoms with van der Waals surface area (Å²) in [5, 5.41) is 6.84. The third-order valence-corrected chi connectivity index (χ3v) is 3.64. The molecule has 1 unspecified atom stereocenters. The molecule has 1 N–H and O–H groups in total. The van der Waals surface area contributed by atoms with E-state index in [4.69, 9.17) is 4.74 Å². The number of carbonyl (C=O) groups is 2. The van der Waals surface area contributed by atoms with Gasteiger partial charge in [-0.05, 0) is 31.4 Å². The van der Waals surface area contributed by atoms with Gasteiger partial charge in [-0.1, -0.05) is 44.2 Å². The zero-order valence-electron chi connectivity index (χ0n) is 14.4. The maximum absolute atomic E-state index is 12.7. The van der Waals surface area contributed by atoms with Crippen molar-refractivity contribution >= 4 is 12.0 Å². The smallest absolute Gasteiger partial charge is 0.408 e. The number of amides is 1. The molecule has 0 radical (unpaired) electrons. The molecule has 1 aromatic carbocycles. The minimum atomic E-state index is -0.703. The SMILES string of the molecule is Cc1cc(C)n(C(=O)C(NC(=O)OCc2ccccc2)C(C)C)n1. The second-order valence-electron chi connectivity index (χ2n) is 6.10. The van der Waals surface area contributed by atoms with Crippen LogP contribution in [0.3, 0.4) is 0 Å². The zero-order valence-corrected chi connectivity index (χ0v) is 14.4. The third kappa shape index (κ3) is 4.44. The molecule has 0 aliphatic carbocycles. The first-order chi connectivity index (χ1) is 11.4. The summed E-state index contributed by atoms with van der Waals surface area (Å²) in [6, 6.07) is 10.5. The molecule has 6 nitrogen and oxygen atoms in total. The summed E-state index contributed by atoms with van der Waals surface area (Å²) in [6.45, 7) is 7.52. The number of ether oxygens (including phenoxy) is 1. The van der Waals surface area contributed by atoms with Crippen molar-refractivity contribution in [2.45, 2.75) is 40.3 Å². The Morgan fingerprint density at radius 1 is 1.21 bits per heavy atom. The van der Waals surface area contributed by atoms with Gasteiger partial charge in [-0.2, -0.15) is 5.10 Å². The van der Waals surface area contributed by atoms with Crippen LogP contribution in [0.5, 0.6) is 0 Å². The average Bonchev–Trinajstić information content (AvgIpc) is 2.89. The lowest BCUT2D eigenvalue weighted by Gasteiger charge is -2.21. The van der Waals surface area contributed by atoms with Crippen LogP contribution in [0.15, 0.2) is 36.4 Å². The van der Waals surface area contributed by atoms with Crippen LogP contribution in [0.25, 0.3) is 0 Å². The molecule has 1 amide bonds. The van der Waals surface area contributed by atoms with Gasteiger partial charge in [-0.3, -0.25) is 4.79 Å². The zero-order chi connectivity index (χ0) is 17.7. The summed E-state index contributed by atoms with van der Waals surface area (Å²) in [5.41, 5.74) is 2.39. The van der Waals surface area contributed by atoms with E-state index in [0.29, 0.717) is 0 Å². The van der Waals surface area contributed by atoms with Crippen molar-refractivity contribution in [3.63, 3.8) is 0 Å². The van der Waals surface area contributed by atoms with Gasteiger partial charge in [-0.25, -0.2) is 9.48 Å². The Hall–Kier alpha value is -2.63. The Kier molecular flexibility index (Phi) is 5.73. The highest BCUT2D eigenvalue weighted by atomic mass is 16.5. The molecule has 0 saturated carbocycles. The van der Waals surface area contributed by atoms with E-state index in [-0.39, 0.29) is 18.4 Å². The topological polar surface area (TPSA) is 73.2 Å². The first kappa shape index (κ1) is 17.7. The number of rotatable bonds is 5. The molecular formula is C18H23N3O3. The Balaban J connectivity index is 2.01. The Morgan fingerprint density at radius 3 is 2.42 bits per heavy atom. The molecule has 0 aliphatic heterocycles. The van der Waals surface area contributed by atoms with Gasteiger partial charge in [0.1, 0.15) is 12.6 Å². The second-order valence-corrected chi connectivity index (χ2v) is 6.10. The van der Waals surface area contributed by atoms with Gasteiger partial charge in [0.2, 0.25) is 0 Å². The summed E-state index contributed by atoms with van der Waals surface area (Å²) in [6.07, 6.45) is -0.618. The van der Waals surface area contributed by atoms with Gasteiger partial charge in [0.25, 0.3) is 5.91 Å². The number of nitrogens with one attached hydrogen (secondary N) is 1. The standard InChI is InChI=1S/C18H23N3O3/c1-12(2)16(17(22)21-14(4)10-13(3)20-21)19-18(23)24-11-15-8-6-5-7-9-15/h5-10,12,16H,11H2,1-4H3,(H,19,23). The molecule has 0 spiro atoms. The van der Waals surface area contributed by atoms with Gasteiger partial charge in [0, 0.05) is 5.69 Å². The molecule has 128 valence electrons. The van der Waals surface area contributed by atoms with Crippen LogP contribution in [-0.2, 0) is 11.3 Å². The van der Waals surface area contributed by atoms with Crippen molar-refractivity contribution in [2.75, 3.05) is 0 Å². The maximum atomic E-state index is 12.7. The number of aryl methyl sites for hydroxylation is 2. The summed E-state index contributed by atoms with van der Waals surface area (Å²) in [7, 11) is 0. The lowest BCUT2D eigenvalue weighted by molar-refractivity contribution is 0.0786. The van der Waals surface area contributed by atoms with Crippen LogP contribution in [0.4, 0.5) is 4.79 Å². The number of carbonyl (C=O) groups excluding carboxylic acids is 2. The molecule has 1 heterocycles. The lowest BCUT2D eigenvalue weighted by Crippen LogP contribution is -2.47. The van der Waals surface area contributed by atoms with E-state index in [2.05, 4.69) is 10.4 Å². The highest BCUT2D eigenvalue weighted by Crippen LogP contribution is 2.10. The molecular weight excluding hydrogens is 306 g/mol. The van der Waals surface area contributed by atoms with Gasteiger partial charge < -0.3 is 10.1 Å². The predicted molar refractivity (Wildman–Crippen MR) is 90.7 cm³/mol. The molecule has 24 heavy (non-hydrogen) atoms. The molecule has 2 aromatic rings. The van der Waals surface area contributed by atoms with Crippen molar-refractivity contribution in [1.29, 1.82) is 0 Å². The first-order valence-electron chi connectivity index (χ1n) is 7.93. The van der Waals surface area contributed by atoms with Gasteiger partial charge in [-0.15, -0.1) is 0 Å². The van der Waals surface area contributed by atoms with E-state index >= 15 is 0 Å². The number of alkyl carbamates (subject to hydrolysis) is 1. The first-order valence-corrected chi connectivity index (χ1v) is 7.93. The molecule has 0 aliphatic rings. The van der Waals surface area contributed by atoms with Crippen LogP contribution in [0.1, 0.15) is 35.6 Å². The van der Waals surface area contributed by atoms with Crippen LogP contribution < -0.4 is 5.32 Å². The fourth-order valence-corrected chi connectivity index (χ4v) is 2.39. The van der Waals surface area contributed by atoms with Crippen LogP contribution >= 0.6 is 0 Å². The van der Waals surface area contributed by atoms with Crippen LogP contribution in [0, 0.1) is 19.8 Å². The molecule has 1 aromatic heterocycles. The van der Waals surface area contributed by atoms with Crippen molar-refractivity contribution in [1.82, 2.24) is 15.1 Å². The minimum Gasteiger partial charge on any atom is -0.445 e. The third-order valence-electron chi connectivity index (χ3n) is 3.64. The summed E-state index contributed by atoms with van der Waals surface area (Å²) in [5.74, 6) is -0.363. The van der Waals surface area contributed by atoms with Crippen molar-refractivity contribution in [3.8, 4) is 0 Å². The number of nitrogens with zero attached hydrogens (tertiary/aromatic N) is 2. The van der Waals surface area contributed by atoms with Gasteiger partial charge in [0.05, 0.1) is 5.69 Å². The highest BCUT2D eigenvalue weighted by molar-refractivity contribution is 5.87. The van der Waals surface area contributed by atoms with Crippen LogP contribution in [-0.4, -0.2) is 27.8 Å². The van der Waals surface area contributed by atoms with Crippen LogP contribution in [0.2, 0.25) is 0 Å². The quantitative estimate of drug-likeness (QED) is 0.915. The second kappa shape index (κ2) is 7.77. The highest BCUT2D eigenvalue weighted by Gasteiger charge is 2.27. The fraction of sp³-hybridized carbons (Fsp3) is 0.389. The predicted octanol–water partition coefficient (Wildman–Crippen LogP) is 3.09. The average molecular weight is 329 g/mol. The Bertz CT molecular complexity index is 708.